The molecule has 0 spiro atoms. The number of nitrogens with zero attached hydrogens (tertiary/aromatic N) is 1. The fraction of sp³-hybridized carbons (Fsp3) is 0.435. The summed E-state index contributed by atoms with van der Waals surface area (Å²) in [4.78, 5) is 23.3. The minimum atomic E-state index is -0.461. The van der Waals surface area contributed by atoms with Gasteiger partial charge in [0.05, 0.1) is 16.7 Å². The van der Waals surface area contributed by atoms with Crippen molar-refractivity contribution >= 4 is 17.3 Å². The van der Waals surface area contributed by atoms with Gasteiger partial charge in [0.15, 0.2) is 0 Å². The maximum absolute atomic E-state index is 12.6. The van der Waals surface area contributed by atoms with E-state index in [0.717, 1.165) is 31.2 Å². The van der Waals surface area contributed by atoms with Gasteiger partial charge >= 0.3 is 0 Å². The van der Waals surface area contributed by atoms with Crippen LogP contribution in [0.5, 0.6) is 5.75 Å². The van der Waals surface area contributed by atoms with Gasteiger partial charge in [-0.2, -0.15) is 0 Å². The van der Waals surface area contributed by atoms with E-state index in [2.05, 4.69) is 31.3 Å². The average molecular weight is 396 g/mol. The van der Waals surface area contributed by atoms with Crippen LogP contribution in [0.3, 0.4) is 0 Å². The molecule has 1 amide bonds. The van der Waals surface area contributed by atoms with Gasteiger partial charge in [-0.25, -0.2) is 0 Å². The molecule has 6 nitrogen and oxygen atoms in total. The van der Waals surface area contributed by atoms with Crippen LogP contribution in [0, 0.1) is 16.0 Å². The second kappa shape index (κ2) is 9.54. The molecular formula is C23H28N2O4. The summed E-state index contributed by atoms with van der Waals surface area (Å²) in [6, 6.07) is 12.4. The van der Waals surface area contributed by atoms with Crippen molar-refractivity contribution < 1.29 is 14.5 Å². The molecule has 6 heteroatoms. The molecule has 29 heavy (non-hydrogen) atoms. The van der Waals surface area contributed by atoms with Gasteiger partial charge in [-0.15, -0.1) is 0 Å². The topological polar surface area (TPSA) is 81.5 Å². The summed E-state index contributed by atoms with van der Waals surface area (Å²) in [7, 11) is 0. The summed E-state index contributed by atoms with van der Waals surface area (Å²) in [6.45, 7) is 4.54. The highest BCUT2D eigenvalue weighted by molar-refractivity contribution is 5.94. The Bertz CT molecular complexity index is 856. The van der Waals surface area contributed by atoms with Crippen molar-refractivity contribution in [2.45, 2.75) is 58.5 Å². The quantitative estimate of drug-likeness (QED) is 0.472. The van der Waals surface area contributed by atoms with E-state index in [1.165, 1.54) is 24.1 Å². The third-order valence-electron chi connectivity index (χ3n) is 5.45. The van der Waals surface area contributed by atoms with Crippen LogP contribution in [0.4, 0.5) is 11.4 Å². The van der Waals surface area contributed by atoms with E-state index in [1.807, 2.05) is 12.1 Å². The summed E-state index contributed by atoms with van der Waals surface area (Å²) >= 11 is 0. The Hall–Kier alpha value is -2.89. The number of anilines is 1. The number of benzene rings is 2. The lowest BCUT2D eigenvalue weighted by atomic mass is 9.88. The van der Waals surface area contributed by atoms with Gasteiger partial charge in [0, 0.05) is 12.0 Å². The van der Waals surface area contributed by atoms with Crippen molar-refractivity contribution in [3.63, 3.8) is 0 Å². The fourth-order valence-corrected chi connectivity index (χ4v) is 3.61. The number of hydrogen-bond acceptors (Lipinski definition) is 4. The van der Waals surface area contributed by atoms with E-state index in [9.17, 15) is 14.9 Å². The van der Waals surface area contributed by atoms with Crippen LogP contribution in [-0.2, 0) is 11.4 Å². The molecule has 1 aliphatic carbocycles. The maximum Gasteiger partial charge on any atom is 0.273 e. The van der Waals surface area contributed by atoms with Crippen molar-refractivity contribution in [1.29, 1.82) is 0 Å². The fourth-order valence-electron chi connectivity index (χ4n) is 3.61. The highest BCUT2D eigenvalue weighted by Crippen LogP contribution is 2.32. The first kappa shape index (κ1) is 20.8. The molecule has 0 atom stereocenters. The number of nitro benzene ring substituents is 1. The zero-order chi connectivity index (χ0) is 20.8. The smallest absolute Gasteiger partial charge is 0.273 e. The highest BCUT2D eigenvalue weighted by atomic mass is 16.6. The first-order chi connectivity index (χ1) is 13.9. The molecule has 2 aromatic carbocycles. The monoisotopic (exact) mass is 396 g/mol. The molecule has 0 heterocycles. The van der Waals surface area contributed by atoms with Gasteiger partial charge in [-0.3, -0.25) is 14.9 Å². The van der Waals surface area contributed by atoms with Gasteiger partial charge in [-0.05, 0) is 36.0 Å². The number of non-ortho nitro benzene ring substituents is 1. The summed E-state index contributed by atoms with van der Waals surface area (Å²) in [5.74, 6) is 0.722. The van der Waals surface area contributed by atoms with E-state index in [-0.39, 0.29) is 24.1 Å². The molecule has 1 saturated carbocycles. The van der Waals surface area contributed by atoms with E-state index < -0.39 is 4.92 Å². The molecule has 0 radical (unpaired) electrons. The Morgan fingerprint density at radius 1 is 1.14 bits per heavy atom. The van der Waals surface area contributed by atoms with E-state index in [1.54, 1.807) is 6.07 Å². The summed E-state index contributed by atoms with van der Waals surface area (Å²) < 4.78 is 5.88. The Balaban J connectivity index is 1.74. The molecule has 0 unspecified atom stereocenters. The zero-order valence-electron chi connectivity index (χ0n) is 17.0. The maximum atomic E-state index is 12.6. The van der Waals surface area contributed by atoms with Crippen molar-refractivity contribution in [2.24, 2.45) is 5.92 Å². The number of nitro groups is 1. The predicted octanol–water partition coefficient (Wildman–Crippen LogP) is 5.82. The molecule has 3 rings (SSSR count). The molecule has 0 aromatic heterocycles. The first-order valence-corrected chi connectivity index (χ1v) is 10.2. The van der Waals surface area contributed by atoms with Crippen LogP contribution in [0.1, 0.15) is 63.0 Å². The number of rotatable bonds is 7. The molecule has 2 aromatic rings. The average Bonchev–Trinajstić information content (AvgIpc) is 2.73. The first-order valence-electron chi connectivity index (χ1n) is 10.2. The van der Waals surface area contributed by atoms with Gasteiger partial charge in [0.25, 0.3) is 5.69 Å². The molecule has 0 saturated heterocycles. The lowest BCUT2D eigenvalue weighted by Crippen LogP contribution is -2.25. The van der Waals surface area contributed by atoms with E-state index in [0.29, 0.717) is 17.4 Å². The Kier molecular flexibility index (Phi) is 6.86. The molecule has 1 aliphatic rings. The molecular weight excluding hydrogens is 368 g/mol. The molecule has 154 valence electrons. The molecule has 0 bridgehead atoms. The highest BCUT2D eigenvalue weighted by Gasteiger charge is 2.23. The van der Waals surface area contributed by atoms with Crippen molar-refractivity contribution in [1.82, 2.24) is 0 Å². The number of amides is 1. The van der Waals surface area contributed by atoms with Crippen LogP contribution < -0.4 is 10.1 Å². The Labute approximate surface area is 171 Å². The lowest BCUT2D eigenvalue weighted by Gasteiger charge is -2.21. The largest absolute Gasteiger partial charge is 0.486 e. The SMILES string of the molecule is CC(C)c1ccc(COc2cc([N+](=O)[O-])ccc2NC(=O)C2CCCCC2)cc1. The number of hydrogen-bond donors (Lipinski definition) is 1. The van der Waals surface area contributed by atoms with Gasteiger partial charge in [-0.1, -0.05) is 57.4 Å². The summed E-state index contributed by atoms with van der Waals surface area (Å²) in [5.41, 5.74) is 2.62. The van der Waals surface area contributed by atoms with Crippen LogP contribution in [0.15, 0.2) is 42.5 Å². The number of ether oxygens (including phenoxy) is 1. The number of carbonyl (C=O) groups excluding carboxylic acids is 1. The third-order valence-corrected chi connectivity index (χ3v) is 5.45. The molecule has 1 N–H and O–H groups in total. The standard InChI is InChI=1S/C23H28N2O4/c1-16(2)18-10-8-17(9-11-18)15-29-22-14-20(25(27)28)12-13-21(22)24-23(26)19-6-4-3-5-7-19/h8-14,16,19H,3-7,15H2,1-2H3,(H,24,26). The minimum absolute atomic E-state index is 0.00429. The number of nitrogens with one attached hydrogen (secondary N) is 1. The summed E-state index contributed by atoms with van der Waals surface area (Å²) in [6.07, 6.45) is 5.07. The third kappa shape index (κ3) is 5.56. The normalized spacial score (nSPS) is 14.6. The lowest BCUT2D eigenvalue weighted by molar-refractivity contribution is -0.384. The Morgan fingerprint density at radius 3 is 2.45 bits per heavy atom. The second-order valence-electron chi connectivity index (χ2n) is 7.95. The van der Waals surface area contributed by atoms with Crippen LogP contribution in [0.25, 0.3) is 0 Å². The Morgan fingerprint density at radius 2 is 1.83 bits per heavy atom. The van der Waals surface area contributed by atoms with Crippen LogP contribution in [-0.4, -0.2) is 10.8 Å². The van der Waals surface area contributed by atoms with Crippen LogP contribution >= 0.6 is 0 Å². The van der Waals surface area contributed by atoms with Gasteiger partial charge in [0.2, 0.25) is 5.91 Å². The van der Waals surface area contributed by atoms with E-state index >= 15 is 0 Å². The van der Waals surface area contributed by atoms with Gasteiger partial charge < -0.3 is 10.1 Å². The molecule has 0 aliphatic heterocycles. The van der Waals surface area contributed by atoms with Crippen molar-refractivity contribution in [2.75, 3.05) is 5.32 Å². The zero-order valence-corrected chi connectivity index (χ0v) is 17.0. The van der Waals surface area contributed by atoms with E-state index in [4.69, 9.17) is 4.74 Å². The minimum Gasteiger partial charge on any atom is -0.486 e. The van der Waals surface area contributed by atoms with Crippen molar-refractivity contribution in [3.8, 4) is 5.75 Å². The second-order valence-corrected chi connectivity index (χ2v) is 7.95. The molecule has 1 fully saturated rings. The summed E-state index contributed by atoms with van der Waals surface area (Å²) in [5, 5.41) is 14.1. The van der Waals surface area contributed by atoms with Crippen molar-refractivity contribution in [3.05, 3.63) is 63.7 Å². The number of carbonyl (C=O) groups is 1. The van der Waals surface area contributed by atoms with Gasteiger partial charge in [0.1, 0.15) is 12.4 Å². The predicted molar refractivity (Wildman–Crippen MR) is 113 cm³/mol. The van der Waals surface area contributed by atoms with Crippen LogP contribution in [0.2, 0.25) is 0 Å².